The summed E-state index contributed by atoms with van der Waals surface area (Å²) < 4.78 is 5.61. The van der Waals surface area contributed by atoms with Gasteiger partial charge in [0.1, 0.15) is 5.75 Å². The van der Waals surface area contributed by atoms with Crippen molar-refractivity contribution in [3.05, 3.63) is 43.9 Å². The molecule has 0 fully saturated rings. The van der Waals surface area contributed by atoms with Crippen molar-refractivity contribution in [1.82, 2.24) is 4.98 Å². The number of anilines is 1. The third-order valence-corrected chi connectivity index (χ3v) is 3.49. The van der Waals surface area contributed by atoms with Crippen LogP contribution in [0.3, 0.4) is 0 Å². The summed E-state index contributed by atoms with van der Waals surface area (Å²) >= 11 is 7.08. The summed E-state index contributed by atoms with van der Waals surface area (Å²) in [6, 6.07) is 4.38. The van der Waals surface area contributed by atoms with Crippen LogP contribution in [-0.4, -0.2) is 17.0 Å². The Morgan fingerprint density at radius 3 is 2.95 bits per heavy atom. The van der Waals surface area contributed by atoms with Crippen molar-refractivity contribution in [1.29, 1.82) is 0 Å². The molecule has 1 N–H and O–H groups in total. The second kappa shape index (κ2) is 5.85. The average molecular weight is 300 g/mol. The maximum absolute atomic E-state index is 10.7. The first kappa shape index (κ1) is 13.6. The van der Waals surface area contributed by atoms with Crippen molar-refractivity contribution in [3.8, 4) is 5.75 Å². The van der Waals surface area contributed by atoms with E-state index in [1.807, 2.05) is 0 Å². The average Bonchev–Trinajstić information content (AvgIpc) is 2.81. The number of nitrogens with one attached hydrogen (secondary N) is 1. The first-order chi connectivity index (χ1) is 9.10. The second-order valence-electron chi connectivity index (χ2n) is 3.57. The van der Waals surface area contributed by atoms with Crippen LogP contribution in [0.4, 0.5) is 11.4 Å². The lowest BCUT2D eigenvalue weighted by Crippen LogP contribution is -2.01. The van der Waals surface area contributed by atoms with Crippen molar-refractivity contribution in [2.45, 2.75) is 6.54 Å². The summed E-state index contributed by atoms with van der Waals surface area (Å²) in [6.45, 7) is 0.474. The molecule has 8 heteroatoms. The molecule has 0 atom stereocenters. The van der Waals surface area contributed by atoms with Crippen LogP contribution in [0.5, 0.6) is 5.75 Å². The first-order valence-corrected chi connectivity index (χ1v) is 6.46. The van der Waals surface area contributed by atoms with Gasteiger partial charge in [-0.1, -0.05) is 11.6 Å². The van der Waals surface area contributed by atoms with Crippen LogP contribution in [-0.2, 0) is 6.54 Å². The summed E-state index contributed by atoms with van der Waals surface area (Å²) in [4.78, 5) is 15.1. The van der Waals surface area contributed by atoms with Crippen LogP contribution in [0.2, 0.25) is 4.47 Å². The molecule has 0 saturated carbocycles. The Balaban J connectivity index is 2.17. The Hall–Kier alpha value is -1.86. The molecule has 19 heavy (non-hydrogen) atoms. The summed E-state index contributed by atoms with van der Waals surface area (Å²) in [5.41, 5.74) is 0.562. The van der Waals surface area contributed by atoms with Gasteiger partial charge >= 0.3 is 0 Å². The van der Waals surface area contributed by atoms with E-state index >= 15 is 0 Å². The highest BCUT2D eigenvalue weighted by Crippen LogP contribution is 2.29. The maximum atomic E-state index is 10.7. The van der Waals surface area contributed by atoms with Gasteiger partial charge in [-0.3, -0.25) is 10.1 Å². The largest absolute Gasteiger partial charge is 0.495 e. The minimum absolute atomic E-state index is 0.00522. The molecule has 0 aliphatic carbocycles. The molecule has 0 spiro atoms. The minimum Gasteiger partial charge on any atom is -0.495 e. The zero-order valence-electron chi connectivity index (χ0n) is 9.92. The molecule has 0 aliphatic heterocycles. The highest BCUT2D eigenvalue weighted by molar-refractivity contribution is 7.15. The summed E-state index contributed by atoms with van der Waals surface area (Å²) in [7, 11) is 1.51. The zero-order valence-corrected chi connectivity index (χ0v) is 11.5. The van der Waals surface area contributed by atoms with Crippen LogP contribution in [0, 0.1) is 10.1 Å². The number of benzene rings is 1. The lowest BCUT2D eigenvalue weighted by Gasteiger charge is -2.09. The van der Waals surface area contributed by atoms with E-state index in [1.54, 1.807) is 12.3 Å². The van der Waals surface area contributed by atoms with Crippen LogP contribution in [0.25, 0.3) is 0 Å². The lowest BCUT2D eigenvalue weighted by molar-refractivity contribution is -0.384. The molecule has 0 amide bonds. The summed E-state index contributed by atoms with van der Waals surface area (Å²) in [6.07, 6.45) is 1.66. The van der Waals surface area contributed by atoms with Gasteiger partial charge in [-0.2, -0.15) is 0 Å². The topological polar surface area (TPSA) is 77.3 Å². The number of non-ortho nitro benzene ring substituents is 1. The molecule has 6 nitrogen and oxygen atoms in total. The first-order valence-electron chi connectivity index (χ1n) is 5.26. The second-order valence-corrected chi connectivity index (χ2v) is 5.27. The number of nitro groups is 1. The van der Waals surface area contributed by atoms with Gasteiger partial charge in [0.2, 0.25) is 0 Å². The van der Waals surface area contributed by atoms with Gasteiger partial charge < -0.3 is 10.1 Å². The fraction of sp³-hybridized carbons (Fsp3) is 0.182. The number of aromatic nitrogens is 1. The lowest BCUT2D eigenvalue weighted by atomic mass is 10.2. The number of hydrogen-bond donors (Lipinski definition) is 1. The number of nitrogens with zero attached hydrogens (tertiary/aromatic N) is 2. The maximum Gasteiger partial charge on any atom is 0.271 e. The minimum atomic E-state index is -0.450. The van der Waals surface area contributed by atoms with Crippen LogP contribution >= 0.6 is 22.9 Å². The standard InChI is InChI=1S/C11H10ClN3O3S/c1-18-10-3-2-7(15(16)17)4-9(10)13-5-8-6-14-11(12)19-8/h2-4,6,13H,5H2,1H3. The molecule has 0 bridgehead atoms. The molecule has 100 valence electrons. The fourth-order valence-corrected chi connectivity index (χ4v) is 2.41. The number of nitro benzene ring substituents is 1. The van der Waals surface area contributed by atoms with Gasteiger partial charge in [-0.25, -0.2) is 4.98 Å². The van der Waals surface area contributed by atoms with Crippen molar-refractivity contribution in [2.75, 3.05) is 12.4 Å². The summed E-state index contributed by atoms with van der Waals surface area (Å²) in [5, 5.41) is 13.8. The number of rotatable bonds is 5. The number of hydrogen-bond acceptors (Lipinski definition) is 6. The fourth-order valence-electron chi connectivity index (χ4n) is 1.50. The number of halogens is 1. The predicted molar refractivity (Wildman–Crippen MR) is 74.1 cm³/mol. The van der Waals surface area contributed by atoms with Crippen molar-refractivity contribution < 1.29 is 9.66 Å². The van der Waals surface area contributed by atoms with Crippen LogP contribution in [0.15, 0.2) is 24.4 Å². The van der Waals surface area contributed by atoms with Crippen LogP contribution in [0.1, 0.15) is 4.88 Å². The molecular weight excluding hydrogens is 290 g/mol. The van der Waals surface area contributed by atoms with Gasteiger partial charge in [0.05, 0.1) is 24.3 Å². The molecule has 0 saturated heterocycles. The Bertz CT molecular complexity index is 603. The predicted octanol–water partition coefficient (Wildman–Crippen LogP) is 3.33. The summed E-state index contributed by atoms with van der Waals surface area (Å²) in [5.74, 6) is 0.543. The van der Waals surface area contributed by atoms with Gasteiger partial charge in [0.25, 0.3) is 5.69 Å². The molecule has 0 unspecified atom stereocenters. The van der Waals surface area contributed by atoms with E-state index in [0.29, 0.717) is 22.4 Å². The zero-order chi connectivity index (χ0) is 13.8. The van der Waals surface area contributed by atoms with Crippen LogP contribution < -0.4 is 10.1 Å². The Kier molecular flexibility index (Phi) is 4.18. The molecule has 0 radical (unpaired) electrons. The van der Waals surface area contributed by atoms with E-state index < -0.39 is 4.92 Å². The van der Waals surface area contributed by atoms with E-state index in [2.05, 4.69) is 10.3 Å². The molecule has 1 aromatic carbocycles. The Morgan fingerprint density at radius 2 is 2.37 bits per heavy atom. The highest BCUT2D eigenvalue weighted by atomic mass is 35.5. The van der Waals surface area contributed by atoms with Crippen molar-refractivity contribution in [3.63, 3.8) is 0 Å². The third-order valence-electron chi connectivity index (χ3n) is 2.37. The van der Waals surface area contributed by atoms with E-state index in [1.165, 1.54) is 30.6 Å². The molecule has 0 aliphatic rings. The molecule has 1 aromatic heterocycles. The normalized spacial score (nSPS) is 10.2. The monoisotopic (exact) mass is 299 g/mol. The highest BCUT2D eigenvalue weighted by Gasteiger charge is 2.11. The van der Waals surface area contributed by atoms with E-state index in [-0.39, 0.29) is 5.69 Å². The molecular formula is C11H10ClN3O3S. The van der Waals surface area contributed by atoms with Crippen molar-refractivity contribution in [2.24, 2.45) is 0 Å². The number of ether oxygens (including phenoxy) is 1. The SMILES string of the molecule is COc1ccc([N+](=O)[O-])cc1NCc1cnc(Cl)s1. The molecule has 1 heterocycles. The smallest absolute Gasteiger partial charge is 0.271 e. The van der Waals surface area contributed by atoms with E-state index in [4.69, 9.17) is 16.3 Å². The molecule has 2 rings (SSSR count). The number of thiazole rings is 1. The Labute approximate surface area is 118 Å². The Morgan fingerprint density at radius 1 is 1.58 bits per heavy atom. The quantitative estimate of drug-likeness (QED) is 0.677. The van der Waals surface area contributed by atoms with E-state index in [9.17, 15) is 10.1 Å². The van der Waals surface area contributed by atoms with Gasteiger partial charge in [-0.15, -0.1) is 11.3 Å². The van der Waals surface area contributed by atoms with Gasteiger partial charge in [0, 0.05) is 23.2 Å². The molecule has 2 aromatic rings. The third kappa shape index (κ3) is 3.33. The number of methoxy groups -OCH3 is 1. The van der Waals surface area contributed by atoms with Gasteiger partial charge in [-0.05, 0) is 6.07 Å². The van der Waals surface area contributed by atoms with E-state index in [0.717, 1.165) is 4.88 Å². The van der Waals surface area contributed by atoms with Crippen molar-refractivity contribution >= 4 is 34.3 Å². The van der Waals surface area contributed by atoms with Gasteiger partial charge in [0.15, 0.2) is 4.47 Å².